The molecule has 0 amide bonds. The molecule has 1 aliphatic rings. The van der Waals surface area contributed by atoms with Gasteiger partial charge in [0.2, 0.25) is 0 Å². The third kappa shape index (κ3) is 5.22. The number of anilines is 1. The van der Waals surface area contributed by atoms with Crippen molar-refractivity contribution in [2.75, 3.05) is 18.9 Å². The molecular weight excluding hydrogens is 504 g/mol. The van der Waals surface area contributed by atoms with Gasteiger partial charge in [-0.2, -0.15) is 5.10 Å². The Morgan fingerprint density at radius 1 is 1.05 bits per heavy atom. The van der Waals surface area contributed by atoms with Gasteiger partial charge in [0.15, 0.2) is 6.23 Å². The van der Waals surface area contributed by atoms with Gasteiger partial charge in [-0.15, -0.1) is 0 Å². The highest BCUT2D eigenvalue weighted by Gasteiger charge is 2.22. The first kappa shape index (κ1) is 25.8. The molecule has 1 atom stereocenters. The first-order chi connectivity index (χ1) is 19.6. The van der Waals surface area contributed by atoms with Crippen LogP contribution in [0.3, 0.4) is 0 Å². The van der Waals surface area contributed by atoms with Gasteiger partial charge >= 0.3 is 5.97 Å². The van der Waals surface area contributed by atoms with E-state index in [2.05, 4.69) is 41.4 Å². The van der Waals surface area contributed by atoms with E-state index < -0.39 is 0 Å². The third-order valence-electron chi connectivity index (χ3n) is 7.32. The Hall–Kier alpha value is -4.43. The molecule has 1 saturated heterocycles. The van der Waals surface area contributed by atoms with Crippen molar-refractivity contribution in [3.05, 3.63) is 84.2 Å². The highest BCUT2D eigenvalue weighted by molar-refractivity contribution is 5.95. The number of nitrogens with two attached hydrogens (primary N) is 1. The zero-order chi connectivity index (χ0) is 27.5. The number of nitrogen functional groups attached to an aromatic ring is 1. The molecule has 0 saturated carbocycles. The number of aromatic nitrogens is 3. The number of fused-ring (bicyclic) bond motifs is 2. The average molecular weight is 537 g/mol. The van der Waals surface area contributed by atoms with Crippen molar-refractivity contribution in [1.29, 1.82) is 0 Å². The molecule has 0 spiro atoms. The molecule has 40 heavy (non-hydrogen) atoms. The van der Waals surface area contributed by atoms with E-state index in [9.17, 15) is 4.79 Å². The number of carbonyl (C=O) groups is 1. The summed E-state index contributed by atoms with van der Waals surface area (Å²) in [5, 5.41) is 7.96. The fourth-order valence-electron chi connectivity index (χ4n) is 5.30. The minimum Gasteiger partial charge on any atom is -0.487 e. The van der Waals surface area contributed by atoms with E-state index in [0.29, 0.717) is 18.2 Å². The molecule has 0 bridgehead atoms. The van der Waals surface area contributed by atoms with Crippen molar-refractivity contribution in [2.45, 2.75) is 45.4 Å². The molecule has 0 radical (unpaired) electrons. The van der Waals surface area contributed by atoms with Crippen molar-refractivity contribution < 1.29 is 19.0 Å². The van der Waals surface area contributed by atoms with Gasteiger partial charge < -0.3 is 19.9 Å². The summed E-state index contributed by atoms with van der Waals surface area (Å²) in [6.45, 7) is 3.12. The summed E-state index contributed by atoms with van der Waals surface area (Å²) >= 11 is 0. The molecule has 204 valence electrons. The van der Waals surface area contributed by atoms with E-state index in [1.807, 2.05) is 35.0 Å². The standard InChI is InChI=1S/C32H32N4O4/c1-2-38-31(37)19-24-7-3-4-8-29(24)40-20-27-26-18-23(22-11-10-21-14-15-34-32(33)25(21)17-22)12-13-28(26)36(35-27)30-9-5-6-16-39-30/h3-4,7-8,10-15,17-18,30H,2,5-6,9,16,19-20H2,1H3,(H2,33,34). The van der Waals surface area contributed by atoms with Crippen LogP contribution in [0.4, 0.5) is 5.82 Å². The van der Waals surface area contributed by atoms with Crippen LogP contribution in [0, 0.1) is 0 Å². The van der Waals surface area contributed by atoms with Crippen molar-refractivity contribution in [2.24, 2.45) is 0 Å². The van der Waals surface area contributed by atoms with Crippen LogP contribution in [0.2, 0.25) is 0 Å². The largest absolute Gasteiger partial charge is 0.487 e. The number of rotatable bonds is 8. The fraction of sp³-hybridized carbons (Fsp3) is 0.281. The van der Waals surface area contributed by atoms with E-state index in [1.54, 1.807) is 13.1 Å². The second-order valence-electron chi connectivity index (χ2n) is 9.95. The molecule has 5 aromatic rings. The average Bonchev–Trinajstić information content (AvgIpc) is 3.35. The summed E-state index contributed by atoms with van der Waals surface area (Å²) in [7, 11) is 0. The molecule has 3 heterocycles. The lowest BCUT2D eigenvalue weighted by Crippen LogP contribution is -2.19. The van der Waals surface area contributed by atoms with Crippen LogP contribution in [-0.2, 0) is 27.3 Å². The number of benzene rings is 3. The molecule has 3 aromatic carbocycles. The molecule has 1 aliphatic heterocycles. The van der Waals surface area contributed by atoms with E-state index >= 15 is 0 Å². The topological polar surface area (TPSA) is 101 Å². The van der Waals surface area contributed by atoms with E-state index in [1.165, 1.54) is 0 Å². The highest BCUT2D eigenvalue weighted by atomic mass is 16.5. The molecular formula is C32H32N4O4. The van der Waals surface area contributed by atoms with Gasteiger partial charge in [-0.3, -0.25) is 4.79 Å². The SMILES string of the molecule is CCOC(=O)Cc1ccccc1OCc1nn(C2CCCCO2)c2ccc(-c3ccc4ccnc(N)c4c3)cc12. The molecule has 1 unspecified atom stereocenters. The van der Waals surface area contributed by atoms with E-state index in [-0.39, 0.29) is 25.2 Å². The number of ether oxygens (including phenoxy) is 3. The zero-order valence-corrected chi connectivity index (χ0v) is 22.5. The van der Waals surface area contributed by atoms with Gasteiger partial charge in [-0.05, 0) is 73.0 Å². The van der Waals surface area contributed by atoms with Crippen molar-refractivity contribution in [1.82, 2.24) is 14.8 Å². The molecule has 8 nitrogen and oxygen atoms in total. The summed E-state index contributed by atoms with van der Waals surface area (Å²) < 4.78 is 19.5. The van der Waals surface area contributed by atoms with Gasteiger partial charge in [0.1, 0.15) is 23.9 Å². The zero-order valence-electron chi connectivity index (χ0n) is 22.5. The van der Waals surface area contributed by atoms with Crippen LogP contribution in [0.25, 0.3) is 32.8 Å². The first-order valence-corrected chi connectivity index (χ1v) is 13.7. The number of hydrogen-bond donors (Lipinski definition) is 1. The van der Waals surface area contributed by atoms with Crippen molar-refractivity contribution in [3.63, 3.8) is 0 Å². The van der Waals surface area contributed by atoms with Crippen LogP contribution in [0.15, 0.2) is 72.9 Å². The maximum Gasteiger partial charge on any atom is 0.310 e. The Labute approximate surface area is 232 Å². The number of esters is 1. The Morgan fingerprint density at radius 3 is 2.70 bits per heavy atom. The number of nitrogens with zero attached hydrogens (tertiary/aromatic N) is 3. The Morgan fingerprint density at radius 2 is 1.88 bits per heavy atom. The van der Waals surface area contributed by atoms with Gasteiger partial charge in [-0.1, -0.05) is 36.4 Å². The summed E-state index contributed by atoms with van der Waals surface area (Å²) in [6.07, 6.45) is 4.84. The van der Waals surface area contributed by atoms with Crippen LogP contribution < -0.4 is 10.5 Å². The first-order valence-electron chi connectivity index (χ1n) is 13.7. The highest BCUT2D eigenvalue weighted by Crippen LogP contribution is 2.33. The summed E-state index contributed by atoms with van der Waals surface area (Å²) in [5.41, 5.74) is 10.8. The second kappa shape index (κ2) is 11.4. The van der Waals surface area contributed by atoms with Crippen molar-refractivity contribution in [3.8, 4) is 16.9 Å². The molecule has 8 heteroatoms. The summed E-state index contributed by atoms with van der Waals surface area (Å²) in [5.74, 6) is 0.873. The minimum absolute atomic E-state index is 0.113. The van der Waals surface area contributed by atoms with Crippen LogP contribution in [0.5, 0.6) is 5.75 Å². The molecule has 0 aliphatic carbocycles. The predicted octanol–water partition coefficient (Wildman–Crippen LogP) is 6.22. The maximum atomic E-state index is 12.1. The summed E-state index contributed by atoms with van der Waals surface area (Å²) in [6, 6.07) is 22.1. The third-order valence-corrected chi connectivity index (χ3v) is 7.32. The lowest BCUT2D eigenvalue weighted by Gasteiger charge is -2.23. The Balaban J connectivity index is 1.37. The fourth-order valence-corrected chi connectivity index (χ4v) is 5.30. The number of para-hydroxylation sites is 1. The lowest BCUT2D eigenvalue weighted by atomic mass is 10.00. The minimum atomic E-state index is -0.279. The predicted molar refractivity (Wildman–Crippen MR) is 155 cm³/mol. The van der Waals surface area contributed by atoms with E-state index in [4.69, 9.17) is 25.0 Å². The molecule has 6 rings (SSSR count). The van der Waals surface area contributed by atoms with Crippen molar-refractivity contribution >= 4 is 33.5 Å². The number of carbonyl (C=O) groups excluding carboxylic acids is 1. The molecule has 1 fully saturated rings. The molecule has 2 N–H and O–H groups in total. The normalized spacial score (nSPS) is 15.4. The van der Waals surface area contributed by atoms with Crippen LogP contribution >= 0.6 is 0 Å². The summed E-state index contributed by atoms with van der Waals surface area (Å²) in [4.78, 5) is 16.4. The van der Waals surface area contributed by atoms with Gasteiger partial charge in [-0.25, -0.2) is 9.67 Å². The molecule has 2 aromatic heterocycles. The van der Waals surface area contributed by atoms with Crippen LogP contribution in [0.1, 0.15) is 43.7 Å². The monoisotopic (exact) mass is 536 g/mol. The number of hydrogen-bond acceptors (Lipinski definition) is 7. The van der Waals surface area contributed by atoms with Gasteiger partial charge in [0.05, 0.1) is 18.5 Å². The lowest BCUT2D eigenvalue weighted by molar-refractivity contribution is -0.142. The van der Waals surface area contributed by atoms with Crippen LogP contribution in [-0.4, -0.2) is 33.9 Å². The second-order valence-corrected chi connectivity index (χ2v) is 9.95. The van der Waals surface area contributed by atoms with E-state index in [0.717, 1.165) is 69.9 Å². The quantitative estimate of drug-likeness (QED) is 0.235. The van der Waals surface area contributed by atoms with Gasteiger partial charge in [0.25, 0.3) is 0 Å². The maximum absolute atomic E-state index is 12.1. The Bertz CT molecular complexity index is 1670. The smallest absolute Gasteiger partial charge is 0.310 e. The van der Waals surface area contributed by atoms with Gasteiger partial charge in [0, 0.05) is 29.1 Å². The Kier molecular flexibility index (Phi) is 7.33. The number of pyridine rings is 1.